The van der Waals surface area contributed by atoms with E-state index in [1.54, 1.807) is 18.7 Å². The summed E-state index contributed by atoms with van der Waals surface area (Å²) in [6.07, 6.45) is 3.74. The van der Waals surface area contributed by atoms with Crippen molar-refractivity contribution in [3.63, 3.8) is 0 Å². The number of aromatic nitrogens is 1. The summed E-state index contributed by atoms with van der Waals surface area (Å²) < 4.78 is 27.9. The standard InChI is InChI=1S/C15H25N3O3S/c1-4-17(5-2)22(20,21)12-15(19)18-11-7-9-14(18)13-8-6-10-16(13)3/h6,8,10,14H,4-5,7,9,11-12H2,1-3H3. The molecule has 124 valence electrons. The van der Waals surface area contributed by atoms with Crippen LogP contribution in [0, 0.1) is 0 Å². The summed E-state index contributed by atoms with van der Waals surface area (Å²) >= 11 is 0. The Bertz CT molecular complexity index is 620. The maximum Gasteiger partial charge on any atom is 0.239 e. The van der Waals surface area contributed by atoms with E-state index >= 15 is 0 Å². The second-order valence-corrected chi connectivity index (χ2v) is 7.60. The highest BCUT2D eigenvalue weighted by molar-refractivity contribution is 7.89. The Hall–Kier alpha value is -1.34. The lowest BCUT2D eigenvalue weighted by atomic mass is 10.1. The van der Waals surface area contributed by atoms with Crippen molar-refractivity contribution in [3.8, 4) is 0 Å². The normalized spacial score (nSPS) is 19.1. The Kier molecular flexibility index (Phi) is 5.28. The summed E-state index contributed by atoms with van der Waals surface area (Å²) in [7, 11) is -1.58. The monoisotopic (exact) mass is 327 g/mol. The number of likely N-dealkylation sites (tertiary alicyclic amines) is 1. The number of nitrogens with zero attached hydrogens (tertiary/aromatic N) is 3. The van der Waals surface area contributed by atoms with E-state index in [0.29, 0.717) is 19.6 Å². The molecule has 1 saturated heterocycles. The average molecular weight is 327 g/mol. The van der Waals surface area contributed by atoms with Gasteiger partial charge in [-0.2, -0.15) is 0 Å². The number of carbonyl (C=O) groups excluding carboxylic acids is 1. The van der Waals surface area contributed by atoms with Crippen LogP contribution in [0.25, 0.3) is 0 Å². The van der Waals surface area contributed by atoms with Crippen molar-refractivity contribution in [2.75, 3.05) is 25.4 Å². The van der Waals surface area contributed by atoms with Gasteiger partial charge < -0.3 is 9.47 Å². The summed E-state index contributed by atoms with van der Waals surface area (Å²) in [5.41, 5.74) is 1.06. The van der Waals surface area contributed by atoms with Gasteiger partial charge in [-0.25, -0.2) is 12.7 Å². The molecule has 7 heteroatoms. The van der Waals surface area contributed by atoms with Gasteiger partial charge in [-0.05, 0) is 25.0 Å². The molecule has 0 spiro atoms. The van der Waals surface area contributed by atoms with E-state index in [4.69, 9.17) is 0 Å². The molecular formula is C15H25N3O3S. The lowest BCUT2D eigenvalue weighted by Crippen LogP contribution is -2.41. The van der Waals surface area contributed by atoms with Crippen molar-refractivity contribution in [2.45, 2.75) is 32.7 Å². The first-order chi connectivity index (χ1) is 10.4. The van der Waals surface area contributed by atoms with Gasteiger partial charge >= 0.3 is 0 Å². The van der Waals surface area contributed by atoms with E-state index in [-0.39, 0.29) is 11.9 Å². The van der Waals surface area contributed by atoms with Gasteiger partial charge in [-0.3, -0.25) is 4.79 Å². The number of hydrogen-bond acceptors (Lipinski definition) is 3. The molecule has 2 heterocycles. The van der Waals surface area contributed by atoms with Crippen molar-refractivity contribution in [1.29, 1.82) is 0 Å². The topological polar surface area (TPSA) is 62.6 Å². The Morgan fingerprint density at radius 1 is 1.36 bits per heavy atom. The maximum atomic E-state index is 12.5. The quantitative estimate of drug-likeness (QED) is 0.792. The smallest absolute Gasteiger partial charge is 0.239 e. The molecule has 1 aliphatic heterocycles. The molecule has 1 aromatic rings. The lowest BCUT2D eigenvalue weighted by molar-refractivity contribution is -0.129. The van der Waals surface area contributed by atoms with Crippen LogP contribution in [0.3, 0.4) is 0 Å². The number of amides is 1. The van der Waals surface area contributed by atoms with Gasteiger partial charge in [-0.1, -0.05) is 13.8 Å². The van der Waals surface area contributed by atoms with Crippen LogP contribution in [-0.4, -0.2) is 53.5 Å². The Balaban J connectivity index is 2.14. The third-order valence-electron chi connectivity index (χ3n) is 4.30. The summed E-state index contributed by atoms with van der Waals surface area (Å²) in [4.78, 5) is 14.2. The summed E-state index contributed by atoms with van der Waals surface area (Å²) in [6, 6.07) is 3.93. The Morgan fingerprint density at radius 3 is 2.59 bits per heavy atom. The van der Waals surface area contributed by atoms with Crippen molar-refractivity contribution in [3.05, 3.63) is 24.0 Å². The first-order valence-corrected chi connectivity index (χ1v) is 9.40. The average Bonchev–Trinajstić information content (AvgIpc) is 3.07. The minimum absolute atomic E-state index is 0.0144. The minimum atomic E-state index is -3.53. The van der Waals surface area contributed by atoms with Crippen molar-refractivity contribution < 1.29 is 13.2 Å². The van der Waals surface area contributed by atoms with Crippen LogP contribution in [0.1, 0.15) is 38.4 Å². The Morgan fingerprint density at radius 2 is 2.05 bits per heavy atom. The molecule has 0 N–H and O–H groups in total. The first-order valence-electron chi connectivity index (χ1n) is 7.79. The molecule has 1 aliphatic rings. The van der Waals surface area contributed by atoms with Gasteiger partial charge in [0.2, 0.25) is 15.9 Å². The summed E-state index contributed by atoms with van der Waals surface area (Å²) in [5.74, 6) is -0.731. The molecule has 1 atom stereocenters. The zero-order valence-electron chi connectivity index (χ0n) is 13.5. The van der Waals surface area contributed by atoms with Crippen LogP contribution in [0.15, 0.2) is 18.3 Å². The molecule has 22 heavy (non-hydrogen) atoms. The number of rotatable bonds is 6. The van der Waals surface area contributed by atoms with Crippen LogP contribution in [0.4, 0.5) is 0 Å². The van der Waals surface area contributed by atoms with E-state index in [2.05, 4.69) is 0 Å². The molecule has 0 radical (unpaired) electrons. The number of hydrogen-bond donors (Lipinski definition) is 0. The molecule has 1 fully saturated rings. The lowest BCUT2D eigenvalue weighted by Gasteiger charge is -2.26. The van der Waals surface area contributed by atoms with E-state index in [1.165, 1.54) is 4.31 Å². The third kappa shape index (κ3) is 3.35. The zero-order chi connectivity index (χ0) is 16.3. The fourth-order valence-electron chi connectivity index (χ4n) is 3.14. The van der Waals surface area contributed by atoms with Crippen LogP contribution in [0.5, 0.6) is 0 Å². The summed E-state index contributed by atoms with van der Waals surface area (Å²) in [6.45, 7) is 4.99. The predicted octanol–water partition coefficient (Wildman–Crippen LogP) is 1.36. The predicted molar refractivity (Wildman–Crippen MR) is 85.8 cm³/mol. The first kappa shape index (κ1) is 17.0. The molecule has 0 aromatic carbocycles. The molecular weight excluding hydrogens is 302 g/mol. The van der Waals surface area contributed by atoms with Gasteiger partial charge in [-0.15, -0.1) is 0 Å². The highest BCUT2D eigenvalue weighted by atomic mass is 32.2. The highest BCUT2D eigenvalue weighted by Crippen LogP contribution is 2.32. The van der Waals surface area contributed by atoms with E-state index < -0.39 is 15.8 Å². The second kappa shape index (κ2) is 6.83. The van der Waals surface area contributed by atoms with Crippen LogP contribution < -0.4 is 0 Å². The van der Waals surface area contributed by atoms with Gasteiger partial charge in [0.25, 0.3) is 0 Å². The second-order valence-electron chi connectivity index (χ2n) is 5.63. The fourth-order valence-corrected chi connectivity index (χ4v) is 4.59. The minimum Gasteiger partial charge on any atom is -0.353 e. The number of aryl methyl sites for hydroxylation is 1. The Labute approximate surface area is 132 Å². The van der Waals surface area contributed by atoms with Crippen LogP contribution in [0.2, 0.25) is 0 Å². The molecule has 0 saturated carbocycles. The summed E-state index contributed by atoms with van der Waals surface area (Å²) in [5, 5.41) is 0. The van der Waals surface area contributed by atoms with Gasteiger partial charge in [0.05, 0.1) is 6.04 Å². The maximum absolute atomic E-state index is 12.5. The van der Waals surface area contributed by atoms with Gasteiger partial charge in [0.15, 0.2) is 0 Å². The van der Waals surface area contributed by atoms with Gasteiger partial charge in [0, 0.05) is 38.6 Å². The number of sulfonamides is 1. The molecule has 1 amide bonds. The van der Waals surface area contributed by atoms with Crippen molar-refractivity contribution in [2.24, 2.45) is 7.05 Å². The van der Waals surface area contributed by atoms with E-state index in [9.17, 15) is 13.2 Å². The molecule has 1 aromatic heterocycles. The largest absolute Gasteiger partial charge is 0.353 e. The van der Waals surface area contributed by atoms with Crippen LogP contribution >= 0.6 is 0 Å². The highest BCUT2D eigenvalue weighted by Gasteiger charge is 2.34. The molecule has 2 rings (SSSR count). The van der Waals surface area contributed by atoms with E-state index in [0.717, 1.165) is 18.5 Å². The van der Waals surface area contributed by atoms with E-state index in [1.807, 2.05) is 29.9 Å². The van der Waals surface area contributed by atoms with Crippen molar-refractivity contribution >= 4 is 15.9 Å². The van der Waals surface area contributed by atoms with Crippen LogP contribution in [-0.2, 0) is 21.9 Å². The molecule has 0 aliphatic carbocycles. The third-order valence-corrected chi connectivity index (χ3v) is 6.22. The van der Waals surface area contributed by atoms with Gasteiger partial charge in [0.1, 0.15) is 5.75 Å². The molecule has 0 bridgehead atoms. The molecule has 1 unspecified atom stereocenters. The SMILES string of the molecule is CCN(CC)S(=O)(=O)CC(=O)N1CCCC1c1cccn1C. The molecule has 6 nitrogen and oxygen atoms in total. The zero-order valence-corrected chi connectivity index (χ0v) is 14.3. The van der Waals surface area contributed by atoms with Crippen molar-refractivity contribution in [1.82, 2.24) is 13.8 Å². The number of carbonyl (C=O) groups is 1. The fraction of sp³-hybridized carbons (Fsp3) is 0.667.